The number of H-pyrrole nitrogens is 1. The van der Waals surface area contributed by atoms with Gasteiger partial charge in [0.15, 0.2) is 0 Å². The van der Waals surface area contributed by atoms with Gasteiger partial charge in [0.25, 0.3) is 0 Å². The molecule has 3 amide bonds. The lowest BCUT2D eigenvalue weighted by molar-refractivity contribution is -0.141. The number of imidazole rings is 1. The van der Waals surface area contributed by atoms with Crippen LogP contribution in [0.15, 0.2) is 42.9 Å². The Hall–Kier alpha value is -3.44. The highest BCUT2D eigenvalue weighted by Crippen LogP contribution is 2.29. The maximum absolute atomic E-state index is 14.2. The van der Waals surface area contributed by atoms with Crippen molar-refractivity contribution in [3.8, 4) is 0 Å². The standard InChI is InChI=1S/C35H55N5O6/c1-23(2)30(41)20-31(42)27(17-24-13-9-7-10-14-24)38-32(43)29(19-26-21-36-22-37-26)40(6)33(44)28(18-25-15-11-8-12-16-25)39-34(45)46-35(3,4)5/h8,11-12,15-16,21-24,27-31,41-42H,7,9-10,13-14,17-20H2,1-6H3,(H,36,37)(H,38,43)(H,39,45)/t27-,28-,29-,30?,31?/m0/s1. The first kappa shape index (κ1) is 37.0. The number of likely N-dealkylation sites (N-methyl/N-ethyl adjacent to an activating group) is 1. The number of ether oxygens (including phenoxy) is 1. The summed E-state index contributed by atoms with van der Waals surface area (Å²) < 4.78 is 5.47. The van der Waals surface area contributed by atoms with E-state index in [-0.39, 0.29) is 25.2 Å². The Kier molecular flexibility index (Phi) is 14.1. The summed E-state index contributed by atoms with van der Waals surface area (Å²) in [6.45, 7) is 9.02. The van der Waals surface area contributed by atoms with E-state index in [0.717, 1.165) is 31.2 Å². The van der Waals surface area contributed by atoms with Crippen molar-refractivity contribution in [2.75, 3.05) is 7.05 Å². The number of hydrogen-bond acceptors (Lipinski definition) is 7. The summed E-state index contributed by atoms with van der Waals surface area (Å²) in [5, 5.41) is 27.7. The van der Waals surface area contributed by atoms with Crippen molar-refractivity contribution in [2.45, 2.75) is 128 Å². The van der Waals surface area contributed by atoms with Gasteiger partial charge in [0.2, 0.25) is 11.8 Å². The summed E-state index contributed by atoms with van der Waals surface area (Å²) in [6, 6.07) is 6.73. The van der Waals surface area contributed by atoms with E-state index < -0.39 is 53.8 Å². The number of aromatic nitrogens is 2. The monoisotopic (exact) mass is 641 g/mol. The molecule has 256 valence electrons. The van der Waals surface area contributed by atoms with E-state index >= 15 is 0 Å². The number of hydrogen-bond donors (Lipinski definition) is 5. The Morgan fingerprint density at radius 1 is 1.02 bits per heavy atom. The molecule has 0 radical (unpaired) electrons. The van der Waals surface area contributed by atoms with Crippen molar-refractivity contribution in [2.24, 2.45) is 11.8 Å². The van der Waals surface area contributed by atoms with E-state index in [9.17, 15) is 24.6 Å². The number of alkyl carbamates (subject to hydrolysis) is 1. The third-order valence-corrected chi connectivity index (χ3v) is 8.71. The van der Waals surface area contributed by atoms with Crippen LogP contribution in [0.2, 0.25) is 0 Å². The van der Waals surface area contributed by atoms with E-state index in [1.54, 1.807) is 34.0 Å². The Morgan fingerprint density at radius 2 is 1.70 bits per heavy atom. The molecule has 0 bridgehead atoms. The number of carbonyl (C=O) groups is 3. The highest BCUT2D eigenvalue weighted by Gasteiger charge is 2.36. The van der Waals surface area contributed by atoms with Gasteiger partial charge in [-0.2, -0.15) is 0 Å². The van der Waals surface area contributed by atoms with Gasteiger partial charge in [0.05, 0.1) is 24.6 Å². The molecule has 1 saturated carbocycles. The lowest BCUT2D eigenvalue weighted by atomic mass is 9.82. The summed E-state index contributed by atoms with van der Waals surface area (Å²) in [5.41, 5.74) is 0.717. The van der Waals surface area contributed by atoms with Crippen molar-refractivity contribution in [1.82, 2.24) is 25.5 Å². The van der Waals surface area contributed by atoms with Crippen molar-refractivity contribution in [1.29, 1.82) is 0 Å². The quantitative estimate of drug-likeness (QED) is 0.196. The average molecular weight is 642 g/mol. The third-order valence-electron chi connectivity index (χ3n) is 8.71. The fourth-order valence-electron chi connectivity index (χ4n) is 5.97. The summed E-state index contributed by atoms with van der Waals surface area (Å²) in [7, 11) is 1.55. The first-order valence-corrected chi connectivity index (χ1v) is 16.7. The number of benzene rings is 1. The molecule has 1 aromatic carbocycles. The minimum Gasteiger partial charge on any atom is -0.444 e. The zero-order valence-corrected chi connectivity index (χ0v) is 28.4. The number of aromatic amines is 1. The Balaban J connectivity index is 1.88. The zero-order chi connectivity index (χ0) is 33.9. The van der Waals surface area contributed by atoms with Gasteiger partial charge in [-0.15, -0.1) is 0 Å². The van der Waals surface area contributed by atoms with Crippen LogP contribution in [-0.4, -0.2) is 86.0 Å². The van der Waals surface area contributed by atoms with Crippen LogP contribution in [0.1, 0.15) is 90.8 Å². The van der Waals surface area contributed by atoms with Gasteiger partial charge >= 0.3 is 6.09 Å². The van der Waals surface area contributed by atoms with Crippen LogP contribution in [0, 0.1) is 11.8 Å². The molecule has 1 heterocycles. The highest BCUT2D eigenvalue weighted by molar-refractivity contribution is 5.91. The van der Waals surface area contributed by atoms with Crippen LogP contribution in [0.25, 0.3) is 0 Å². The second-order valence-electron chi connectivity index (χ2n) is 14.1. The third kappa shape index (κ3) is 12.1. The number of nitrogens with zero attached hydrogens (tertiary/aromatic N) is 2. The van der Waals surface area contributed by atoms with Crippen LogP contribution >= 0.6 is 0 Å². The predicted molar refractivity (Wildman–Crippen MR) is 177 cm³/mol. The van der Waals surface area contributed by atoms with Crippen molar-refractivity contribution < 1.29 is 29.3 Å². The SMILES string of the molecule is CC(C)C(O)CC(O)[C@H](CC1CCCCC1)NC(=O)[C@H](Cc1cnc[nH]1)N(C)C(=O)[C@H](Cc1ccccc1)NC(=O)OC(C)(C)C. The number of aliphatic hydroxyl groups is 2. The lowest BCUT2D eigenvalue weighted by Gasteiger charge is -2.35. The first-order valence-electron chi connectivity index (χ1n) is 16.7. The van der Waals surface area contributed by atoms with Gasteiger partial charge in [0.1, 0.15) is 17.7 Å². The molecule has 2 aromatic rings. The first-order chi connectivity index (χ1) is 21.7. The summed E-state index contributed by atoms with van der Waals surface area (Å²) in [6.07, 6.45) is 7.22. The fourth-order valence-corrected chi connectivity index (χ4v) is 5.97. The van der Waals surface area contributed by atoms with Crippen LogP contribution in [0.4, 0.5) is 4.79 Å². The summed E-state index contributed by atoms with van der Waals surface area (Å²) >= 11 is 0. The topological polar surface area (TPSA) is 157 Å². The van der Waals surface area contributed by atoms with Gasteiger partial charge < -0.3 is 35.5 Å². The van der Waals surface area contributed by atoms with Crippen LogP contribution < -0.4 is 10.6 Å². The average Bonchev–Trinajstić information content (AvgIpc) is 3.52. The van der Waals surface area contributed by atoms with Gasteiger partial charge in [-0.1, -0.05) is 76.3 Å². The second-order valence-corrected chi connectivity index (χ2v) is 14.1. The Bertz CT molecular complexity index is 1210. The molecule has 11 nitrogen and oxygen atoms in total. The lowest BCUT2D eigenvalue weighted by Crippen LogP contribution is -2.58. The summed E-state index contributed by atoms with van der Waals surface area (Å²) in [4.78, 5) is 49.6. The molecular formula is C35H55N5O6. The van der Waals surface area contributed by atoms with Gasteiger partial charge in [-0.3, -0.25) is 9.59 Å². The van der Waals surface area contributed by atoms with E-state index in [0.29, 0.717) is 18.0 Å². The largest absolute Gasteiger partial charge is 0.444 e. The number of aliphatic hydroxyl groups excluding tert-OH is 2. The minimum absolute atomic E-state index is 0.0448. The second kappa shape index (κ2) is 17.5. The number of rotatable bonds is 15. The highest BCUT2D eigenvalue weighted by atomic mass is 16.6. The molecule has 0 aliphatic heterocycles. The molecule has 5 atom stereocenters. The van der Waals surface area contributed by atoms with E-state index in [4.69, 9.17) is 4.74 Å². The van der Waals surface area contributed by atoms with Crippen LogP contribution in [0.3, 0.4) is 0 Å². The van der Waals surface area contributed by atoms with E-state index in [1.165, 1.54) is 17.6 Å². The molecule has 1 aliphatic rings. The van der Waals surface area contributed by atoms with Crippen molar-refractivity contribution >= 4 is 17.9 Å². The van der Waals surface area contributed by atoms with Gasteiger partial charge in [-0.05, 0) is 44.6 Å². The molecule has 0 spiro atoms. The molecule has 2 unspecified atom stereocenters. The molecule has 46 heavy (non-hydrogen) atoms. The van der Waals surface area contributed by atoms with Gasteiger partial charge in [0, 0.05) is 38.2 Å². The Morgan fingerprint density at radius 3 is 2.28 bits per heavy atom. The van der Waals surface area contributed by atoms with E-state index in [2.05, 4.69) is 20.6 Å². The smallest absolute Gasteiger partial charge is 0.408 e. The summed E-state index contributed by atoms with van der Waals surface area (Å²) in [5.74, 6) is -0.589. The van der Waals surface area contributed by atoms with Crippen LogP contribution in [-0.2, 0) is 27.2 Å². The number of nitrogens with one attached hydrogen (secondary N) is 3. The molecule has 5 N–H and O–H groups in total. The number of carbonyl (C=O) groups excluding carboxylic acids is 3. The minimum atomic E-state index is -1.01. The molecule has 0 saturated heterocycles. The predicted octanol–water partition coefficient (Wildman–Crippen LogP) is 4.14. The Labute approximate surface area is 273 Å². The maximum Gasteiger partial charge on any atom is 0.408 e. The van der Waals surface area contributed by atoms with E-state index in [1.807, 2.05) is 44.2 Å². The van der Waals surface area contributed by atoms with Crippen molar-refractivity contribution in [3.05, 3.63) is 54.1 Å². The molecule has 3 rings (SSSR count). The van der Waals surface area contributed by atoms with Gasteiger partial charge in [-0.25, -0.2) is 9.78 Å². The fraction of sp³-hybridized carbons (Fsp3) is 0.657. The molecule has 1 aromatic heterocycles. The van der Waals surface area contributed by atoms with Crippen molar-refractivity contribution in [3.63, 3.8) is 0 Å². The van der Waals surface area contributed by atoms with Crippen LogP contribution in [0.5, 0.6) is 0 Å². The number of amides is 3. The molecule has 11 heteroatoms. The molecule has 1 fully saturated rings. The normalized spacial score (nSPS) is 17.4. The molecule has 1 aliphatic carbocycles. The maximum atomic E-state index is 14.2. The molecular weight excluding hydrogens is 586 g/mol. The zero-order valence-electron chi connectivity index (χ0n) is 28.4.